The lowest BCUT2D eigenvalue weighted by Crippen LogP contribution is -2.28. The number of likely N-dealkylation sites (N-methyl/N-ethyl adjacent to an activating group) is 1. The quantitative estimate of drug-likeness (QED) is 0.591. The summed E-state index contributed by atoms with van der Waals surface area (Å²) >= 11 is 0. The zero-order valence-corrected chi connectivity index (χ0v) is 16.1. The van der Waals surface area contributed by atoms with Gasteiger partial charge in [0.25, 0.3) is 0 Å². The van der Waals surface area contributed by atoms with E-state index >= 15 is 0 Å². The molecule has 0 saturated carbocycles. The minimum absolute atomic E-state index is 0.628. The highest BCUT2D eigenvalue weighted by atomic mass is 15.1. The molecule has 1 fully saturated rings. The van der Waals surface area contributed by atoms with E-state index in [1.807, 2.05) is 41.5 Å². The molecule has 0 N–H and O–H groups in total. The number of benzene rings is 1. The van der Waals surface area contributed by atoms with Crippen molar-refractivity contribution in [1.29, 1.82) is 0 Å². The van der Waals surface area contributed by atoms with Crippen molar-refractivity contribution in [3.05, 3.63) is 42.0 Å². The van der Waals surface area contributed by atoms with Crippen LogP contribution in [-0.4, -0.2) is 24.5 Å². The van der Waals surface area contributed by atoms with Gasteiger partial charge in [-0.3, -0.25) is 4.90 Å². The second-order valence-electron chi connectivity index (χ2n) is 4.67. The highest BCUT2D eigenvalue weighted by Crippen LogP contribution is 2.17. The van der Waals surface area contributed by atoms with E-state index in [4.69, 9.17) is 0 Å². The van der Waals surface area contributed by atoms with Crippen LogP contribution >= 0.6 is 0 Å². The van der Waals surface area contributed by atoms with Crippen LogP contribution in [-0.2, 0) is 0 Å². The summed E-state index contributed by atoms with van der Waals surface area (Å²) < 4.78 is 0. The van der Waals surface area contributed by atoms with Crippen molar-refractivity contribution in [1.82, 2.24) is 4.90 Å². The zero-order chi connectivity index (χ0) is 17.2. The summed E-state index contributed by atoms with van der Waals surface area (Å²) in [5, 5.41) is 0. The Labute approximate surface area is 140 Å². The molecule has 0 amide bonds. The molecule has 1 atom stereocenters. The molecule has 1 aliphatic heterocycles. The molecule has 0 aliphatic carbocycles. The van der Waals surface area contributed by atoms with Crippen molar-refractivity contribution in [3.63, 3.8) is 0 Å². The first-order valence-electron chi connectivity index (χ1n) is 9.30. The topological polar surface area (TPSA) is 3.24 Å². The lowest BCUT2D eigenvalue weighted by molar-refractivity contribution is 0.290. The van der Waals surface area contributed by atoms with Gasteiger partial charge in [-0.05, 0) is 32.0 Å². The largest absolute Gasteiger partial charge is 0.300 e. The maximum atomic E-state index is 2.48. The highest BCUT2D eigenvalue weighted by molar-refractivity contribution is 5.49. The summed E-state index contributed by atoms with van der Waals surface area (Å²) in [5.74, 6) is 0. The van der Waals surface area contributed by atoms with Crippen LogP contribution in [0, 0.1) is 0 Å². The van der Waals surface area contributed by atoms with Gasteiger partial charge in [-0.1, -0.05) is 96.9 Å². The summed E-state index contributed by atoms with van der Waals surface area (Å²) in [6, 6.07) is 11.2. The molecule has 0 radical (unpaired) electrons. The van der Waals surface area contributed by atoms with Crippen molar-refractivity contribution < 1.29 is 0 Å². The van der Waals surface area contributed by atoms with Crippen LogP contribution in [0.4, 0.5) is 0 Å². The Morgan fingerprint density at radius 1 is 0.864 bits per heavy atom. The van der Waals surface area contributed by atoms with Gasteiger partial charge in [0, 0.05) is 6.04 Å². The monoisotopic (exact) mass is 305 g/mol. The van der Waals surface area contributed by atoms with Crippen LogP contribution < -0.4 is 0 Å². The van der Waals surface area contributed by atoms with E-state index in [1.54, 1.807) is 0 Å². The lowest BCUT2D eigenvalue weighted by Gasteiger charge is -2.22. The minimum atomic E-state index is 0.628. The SMILES string of the molecule is CC.CC.CC.CN1CCCCCC1/C=C/c1ccccc1. The van der Waals surface area contributed by atoms with Crippen LogP contribution in [0.2, 0.25) is 0 Å². The van der Waals surface area contributed by atoms with E-state index in [2.05, 4.69) is 54.4 Å². The molecule has 1 aliphatic rings. The summed E-state index contributed by atoms with van der Waals surface area (Å²) in [5.41, 5.74) is 1.31. The van der Waals surface area contributed by atoms with Crippen LogP contribution in [0.1, 0.15) is 72.8 Å². The Morgan fingerprint density at radius 3 is 2.05 bits per heavy atom. The van der Waals surface area contributed by atoms with Crippen molar-refractivity contribution in [2.75, 3.05) is 13.6 Å². The number of hydrogen-bond donors (Lipinski definition) is 0. The Hall–Kier alpha value is -1.08. The number of likely N-dealkylation sites (tertiary alicyclic amines) is 1. The van der Waals surface area contributed by atoms with Crippen molar-refractivity contribution in [3.8, 4) is 0 Å². The van der Waals surface area contributed by atoms with E-state index in [1.165, 1.54) is 37.8 Å². The molecular formula is C21H39N. The van der Waals surface area contributed by atoms with Gasteiger partial charge >= 0.3 is 0 Å². The Balaban J connectivity index is 0. The predicted octanol–water partition coefficient (Wildman–Crippen LogP) is 6.65. The van der Waals surface area contributed by atoms with Gasteiger partial charge in [0.1, 0.15) is 0 Å². The Kier molecular flexibility index (Phi) is 18.9. The van der Waals surface area contributed by atoms with Crippen LogP contribution in [0.25, 0.3) is 6.08 Å². The summed E-state index contributed by atoms with van der Waals surface area (Å²) in [6.07, 6.45) is 10.0. The maximum absolute atomic E-state index is 2.48. The fraction of sp³-hybridized carbons (Fsp3) is 0.619. The van der Waals surface area contributed by atoms with Gasteiger partial charge in [-0.2, -0.15) is 0 Å². The van der Waals surface area contributed by atoms with E-state index in [0.29, 0.717) is 6.04 Å². The first-order chi connectivity index (χ1) is 10.9. The highest BCUT2D eigenvalue weighted by Gasteiger charge is 2.13. The van der Waals surface area contributed by atoms with E-state index < -0.39 is 0 Å². The van der Waals surface area contributed by atoms with Crippen LogP contribution in [0.5, 0.6) is 0 Å². The molecule has 1 heteroatoms. The van der Waals surface area contributed by atoms with Gasteiger partial charge < -0.3 is 0 Å². The minimum Gasteiger partial charge on any atom is -0.300 e. The molecule has 22 heavy (non-hydrogen) atoms. The molecule has 1 aromatic carbocycles. The second-order valence-corrected chi connectivity index (χ2v) is 4.67. The molecule has 1 saturated heterocycles. The van der Waals surface area contributed by atoms with Crippen molar-refractivity contribution in [2.24, 2.45) is 0 Å². The number of hydrogen-bond acceptors (Lipinski definition) is 1. The second kappa shape index (κ2) is 18.0. The average molecular weight is 306 g/mol. The summed E-state index contributed by atoms with van der Waals surface area (Å²) in [4.78, 5) is 2.48. The average Bonchev–Trinajstić information content (AvgIpc) is 2.83. The van der Waals surface area contributed by atoms with Crippen LogP contribution in [0.3, 0.4) is 0 Å². The fourth-order valence-electron chi connectivity index (χ4n) is 2.31. The van der Waals surface area contributed by atoms with Crippen LogP contribution in [0.15, 0.2) is 36.4 Å². The molecule has 0 spiro atoms. The summed E-state index contributed by atoms with van der Waals surface area (Å²) in [7, 11) is 2.24. The molecule has 2 rings (SSSR count). The van der Waals surface area contributed by atoms with E-state index in [0.717, 1.165) is 0 Å². The summed E-state index contributed by atoms with van der Waals surface area (Å²) in [6.45, 7) is 13.2. The third-order valence-electron chi connectivity index (χ3n) is 3.39. The van der Waals surface area contributed by atoms with E-state index in [9.17, 15) is 0 Å². The molecule has 1 aromatic rings. The molecule has 1 unspecified atom stereocenters. The first-order valence-corrected chi connectivity index (χ1v) is 9.30. The molecule has 1 nitrogen and oxygen atoms in total. The molecular weight excluding hydrogens is 266 g/mol. The van der Waals surface area contributed by atoms with Crippen molar-refractivity contribution >= 4 is 6.08 Å². The van der Waals surface area contributed by atoms with Gasteiger partial charge in [0.2, 0.25) is 0 Å². The predicted molar refractivity (Wildman–Crippen MR) is 104 cm³/mol. The smallest absolute Gasteiger partial charge is 0.0278 e. The molecule has 0 bridgehead atoms. The molecule has 128 valence electrons. The number of rotatable bonds is 2. The van der Waals surface area contributed by atoms with Gasteiger partial charge in [-0.15, -0.1) is 0 Å². The zero-order valence-electron chi connectivity index (χ0n) is 16.1. The first kappa shape index (κ1) is 23.2. The fourth-order valence-corrected chi connectivity index (χ4v) is 2.31. The Morgan fingerprint density at radius 2 is 1.45 bits per heavy atom. The Bertz CT molecular complexity index is 329. The van der Waals surface area contributed by atoms with E-state index in [-0.39, 0.29) is 0 Å². The standard InChI is InChI=1S/C15H21N.3C2H6/c1-16-13-7-3-6-10-15(16)12-11-14-8-4-2-5-9-14;3*1-2/h2,4-5,8-9,11-12,15H,3,6-7,10,13H2,1H3;3*1-2H3/b12-11+;;;. The van der Waals surface area contributed by atoms with Crippen molar-refractivity contribution in [2.45, 2.75) is 73.3 Å². The third kappa shape index (κ3) is 10.6. The molecule has 1 heterocycles. The number of nitrogens with zero attached hydrogens (tertiary/aromatic N) is 1. The maximum Gasteiger partial charge on any atom is 0.0278 e. The molecule has 0 aromatic heterocycles. The van der Waals surface area contributed by atoms with Gasteiger partial charge in [0.05, 0.1) is 0 Å². The lowest BCUT2D eigenvalue weighted by atomic mass is 10.1. The third-order valence-corrected chi connectivity index (χ3v) is 3.39. The van der Waals surface area contributed by atoms with Gasteiger partial charge in [0.15, 0.2) is 0 Å². The normalized spacial score (nSPS) is 17.9. The van der Waals surface area contributed by atoms with Gasteiger partial charge in [-0.25, -0.2) is 0 Å².